The molecule has 2 aliphatic heterocycles. The number of fused-ring (bicyclic) bond motifs is 1. The van der Waals surface area contributed by atoms with Crippen LogP contribution in [0.15, 0.2) is 28.7 Å². The zero-order valence-corrected chi connectivity index (χ0v) is 17.2. The molecule has 5 nitrogen and oxygen atoms in total. The Labute approximate surface area is 163 Å². The van der Waals surface area contributed by atoms with E-state index in [0.29, 0.717) is 12.6 Å². The molecule has 1 saturated carbocycles. The van der Waals surface area contributed by atoms with E-state index >= 15 is 0 Å². The first-order valence-electron chi connectivity index (χ1n) is 9.48. The molecule has 3 fully saturated rings. The van der Waals surface area contributed by atoms with Crippen LogP contribution in [0.5, 0.6) is 0 Å². The normalized spacial score (nSPS) is 30.2. The number of halogens is 1. The first-order chi connectivity index (χ1) is 12.4. The van der Waals surface area contributed by atoms with Crippen molar-refractivity contribution in [1.29, 1.82) is 0 Å². The molecule has 26 heavy (non-hydrogen) atoms. The summed E-state index contributed by atoms with van der Waals surface area (Å²) in [5, 5.41) is 0. The molecule has 0 aromatic heterocycles. The van der Waals surface area contributed by atoms with Gasteiger partial charge in [0.1, 0.15) is 0 Å². The molecule has 2 saturated heterocycles. The van der Waals surface area contributed by atoms with Crippen LogP contribution in [0.25, 0.3) is 0 Å². The molecule has 1 aliphatic carbocycles. The van der Waals surface area contributed by atoms with Crippen LogP contribution in [0, 0.1) is 0 Å². The first-order valence-corrected chi connectivity index (χ1v) is 12.1. The SMILES string of the molecule is O=C1CN(C2CCCCCC2)[C@H]2CS(=O)(=O)C[C@@H]2N1c1ccc(Br)cc1. The molecule has 1 aromatic carbocycles. The third kappa shape index (κ3) is 3.58. The molecule has 0 radical (unpaired) electrons. The molecular formula is C19H25BrN2O3S. The number of carbonyl (C=O) groups is 1. The van der Waals surface area contributed by atoms with Crippen molar-refractivity contribution in [2.45, 2.75) is 56.7 Å². The lowest BCUT2D eigenvalue weighted by Crippen LogP contribution is -2.64. The molecule has 0 unspecified atom stereocenters. The number of anilines is 1. The van der Waals surface area contributed by atoms with Gasteiger partial charge in [-0.15, -0.1) is 0 Å². The highest BCUT2D eigenvalue weighted by Crippen LogP contribution is 2.35. The van der Waals surface area contributed by atoms with E-state index in [2.05, 4.69) is 20.8 Å². The van der Waals surface area contributed by atoms with E-state index in [9.17, 15) is 13.2 Å². The summed E-state index contributed by atoms with van der Waals surface area (Å²) < 4.78 is 25.9. The standard InChI is InChI=1S/C19H25BrN2O3S/c20-14-7-9-16(10-8-14)22-18-13-26(24,25)12-17(18)21(11-19(22)23)15-5-3-1-2-4-6-15/h7-10,15,17-18H,1-6,11-13H2/t17-,18-/m0/s1. The van der Waals surface area contributed by atoms with Crippen LogP contribution < -0.4 is 4.90 Å². The van der Waals surface area contributed by atoms with Crippen LogP contribution in [0.3, 0.4) is 0 Å². The predicted octanol–water partition coefficient (Wildman–Crippen LogP) is 2.99. The van der Waals surface area contributed by atoms with Gasteiger partial charge in [-0.2, -0.15) is 0 Å². The van der Waals surface area contributed by atoms with Gasteiger partial charge in [-0.1, -0.05) is 41.6 Å². The van der Waals surface area contributed by atoms with Gasteiger partial charge in [0.25, 0.3) is 0 Å². The van der Waals surface area contributed by atoms with E-state index in [-0.39, 0.29) is 29.5 Å². The molecule has 2 atom stereocenters. The molecule has 142 valence electrons. The Bertz CT molecular complexity index is 772. The topological polar surface area (TPSA) is 57.7 Å². The average molecular weight is 441 g/mol. The van der Waals surface area contributed by atoms with Crippen molar-refractivity contribution in [3.63, 3.8) is 0 Å². The first kappa shape index (κ1) is 18.4. The second-order valence-corrected chi connectivity index (χ2v) is 10.8. The van der Waals surface area contributed by atoms with Crippen molar-refractivity contribution in [2.24, 2.45) is 0 Å². The molecule has 7 heteroatoms. The number of benzene rings is 1. The zero-order chi connectivity index (χ0) is 18.3. The second kappa shape index (κ2) is 7.24. The van der Waals surface area contributed by atoms with Gasteiger partial charge in [0, 0.05) is 22.2 Å². The molecule has 4 rings (SSSR count). The Morgan fingerprint density at radius 2 is 1.54 bits per heavy atom. The van der Waals surface area contributed by atoms with Crippen LogP contribution in [0.2, 0.25) is 0 Å². The smallest absolute Gasteiger partial charge is 0.241 e. The third-order valence-corrected chi connectivity index (χ3v) is 8.26. The Morgan fingerprint density at radius 3 is 2.19 bits per heavy atom. The number of hydrogen-bond acceptors (Lipinski definition) is 4. The fourth-order valence-corrected chi connectivity index (χ4v) is 7.06. The Balaban J connectivity index is 1.66. The van der Waals surface area contributed by atoms with E-state index in [1.54, 1.807) is 4.90 Å². The maximum Gasteiger partial charge on any atom is 0.241 e. The van der Waals surface area contributed by atoms with Gasteiger partial charge in [-0.25, -0.2) is 8.42 Å². The second-order valence-electron chi connectivity index (χ2n) is 7.77. The Morgan fingerprint density at radius 1 is 0.923 bits per heavy atom. The number of sulfone groups is 1. The van der Waals surface area contributed by atoms with Gasteiger partial charge < -0.3 is 4.90 Å². The van der Waals surface area contributed by atoms with Gasteiger partial charge in [0.05, 0.1) is 24.1 Å². The number of hydrogen-bond donors (Lipinski definition) is 0. The number of amides is 1. The molecule has 0 spiro atoms. The molecule has 0 bridgehead atoms. The summed E-state index contributed by atoms with van der Waals surface area (Å²) in [6.45, 7) is 0.331. The monoisotopic (exact) mass is 440 g/mol. The quantitative estimate of drug-likeness (QED) is 0.663. The van der Waals surface area contributed by atoms with Crippen molar-refractivity contribution in [1.82, 2.24) is 4.90 Å². The van der Waals surface area contributed by atoms with Crippen molar-refractivity contribution >= 4 is 37.4 Å². The minimum atomic E-state index is -3.13. The fraction of sp³-hybridized carbons (Fsp3) is 0.632. The highest BCUT2D eigenvalue weighted by atomic mass is 79.9. The summed E-state index contributed by atoms with van der Waals surface area (Å²) in [6.07, 6.45) is 7.00. The van der Waals surface area contributed by atoms with Crippen molar-refractivity contribution in [2.75, 3.05) is 23.0 Å². The lowest BCUT2D eigenvalue weighted by Gasteiger charge is -2.46. The van der Waals surface area contributed by atoms with Crippen LogP contribution in [-0.4, -0.2) is 55.4 Å². The lowest BCUT2D eigenvalue weighted by molar-refractivity contribution is -0.124. The molecule has 0 N–H and O–H groups in total. The lowest BCUT2D eigenvalue weighted by atomic mass is 9.97. The summed E-state index contributed by atoms with van der Waals surface area (Å²) in [5.41, 5.74) is 0.797. The van der Waals surface area contributed by atoms with Crippen molar-refractivity contribution in [3.8, 4) is 0 Å². The summed E-state index contributed by atoms with van der Waals surface area (Å²) in [6, 6.07) is 7.58. The van der Waals surface area contributed by atoms with E-state index in [4.69, 9.17) is 0 Å². The summed E-state index contributed by atoms with van der Waals surface area (Å²) in [4.78, 5) is 17.0. The number of piperazine rings is 1. The molecule has 1 aromatic rings. The van der Waals surface area contributed by atoms with Crippen LogP contribution >= 0.6 is 15.9 Å². The van der Waals surface area contributed by atoms with Crippen molar-refractivity contribution in [3.05, 3.63) is 28.7 Å². The van der Waals surface area contributed by atoms with Gasteiger partial charge in [-0.3, -0.25) is 9.69 Å². The zero-order valence-electron chi connectivity index (χ0n) is 14.8. The maximum atomic E-state index is 13.1. The van der Waals surface area contributed by atoms with Crippen LogP contribution in [-0.2, 0) is 14.6 Å². The molecule has 3 aliphatic rings. The van der Waals surface area contributed by atoms with Crippen LogP contribution in [0.4, 0.5) is 5.69 Å². The van der Waals surface area contributed by atoms with E-state index < -0.39 is 9.84 Å². The molecule has 2 heterocycles. The minimum Gasteiger partial charge on any atom is -0.306 e. The number of nitrogens with zero attached hydrogens (tertiary/aromatic N) is 2. The van der Waals surface area contributed by atoms with E-state index in [1.165, 1.54) is 25.7 Å². The highest BCUT2D eigenvalue weighted by Gasteiger charge is 2.51. The molecular weight excluding hydrogens is 416 g/mol. The summed E-state index contributed by atoms with van der Waals surface area (Å²) in [5.74, 6) is 0.270. The number of carbonyl (C=O) groups excluding carboxylic acids is 1. The molecule has 1 amide bonds. The predicted molar refractivity (Wildman–Crippen MR) is 106 cm³/mol. The Kier molecular flexibility index (Phi) is 5.14. The third-order valence-electron chi connectivity index (χ3n) is 6.04. The minimum absolute atomic E-state index is 0.0231. The van der Waals surface area contributed by atoms with Gasteiger partial charge >= 0.3 is 0 Å². The van der Waals surface area contributed by atoms with Gasteiger partial charge in [-0.05, 0) is 37.1 Å². The van der Waals surface area contributed by atoms with E-state index in [1.807, 2.05) is 24.3 Å². The average Bonchev–Trinajstić information content (AvgIpc) is 2.76. The number of rotatable bonds is 2. The highest BCUT2D eigenvalue weighted by molar-refractivity contribution is 9.10. The summed E-state index contributed by atoms with van der Waals surface area (Å²) in [7, 11) is -3.13. The van der Waals surface area contributed by atoms with Crippen molar-refractivity contribution < 1.29 is 13.2 Å². The maximum absolute atomic E-state index is 13.1. The fourth-order valence-electron chi connectivity index (χ4n) is 4.83. The summed E-state index contributed by atoms with van der Waals surface area (Å²) >= 11 is 3.42. The largest absolute Gasteiger partial charge is 0.306 e. The van der Waals surface area contributed by atoms with Gasteiger partial charge in [0.2, 0.25) is 5.91 Å². The van der Waals surface area contributed by atoms with Gasteiger partial charge in [0.15, 0.2) is 9.84 Å². The van der Waals surface area contributed by atoms with Crippen LogP contribution in [0.1, 0.15) is 38.5 Å². The Hall–Kier alpha value is -0.920. The van der Waals surface area contributed by atoms with E-state index in [0.717, 1.165) is 23.0 Å².